The van der Waals surface area contributed by atoms with Gasteiger partial charge >= 0.3 is 0 Å². The quantitative estimate of drug-likeness (QED) is 0.825. The van der Waals surface area contributed by atoms with Crippen LogP contribution in [-0.2, 0) is 6.42 Å². The zero-order chi connectivity index (χ0) is 12.9. The average Bonchev–Trinajstić information content (AvgIpc) is 2.36. The first-order valence-corrected chi connectivity index (χ1v) is 5.92. The predicted octanol–water partition coefficient (Wildman–Crippen LogP) is 2.63. The zero-order valence-electron chi connectivity index (χ0n) is 11.5. The lowest BCUT2D eigenvalue weighted by Gasteiger charge is -2.24. The van der Waals surface area contributed by atoms with Crippen molar-refractivity contribution in [2.24, 2.45) is 0 Å². The summed E-state index contributed by atoms with van der Waals surface area (Å²) < 4.78 is 10.6. The number of nitrogens with one attached hydrogen (secondary N) is 1. The molecule has 0 unspecified atom stereocenters. The molecule has 1 aromatic rings. The monoisotopic (exact) mass is 237 g/mol. The van der Waals surface area contributed by atoms with Crippen molar-refractivity contribution < 1.29 is 9.47 Å². The van der Waals surface area contributed by atoms with E-state index in [2.05, 4.69) is 25.2 Å². The number of aryl methyl sites for hydroxylation is 1. The van der Waals surface area contributed by atoms with Crippen LogP contribution in [0.3, 0.4) is 0 Å². The van der Waals surface area contributed by atoms with Gasteiger partial charge in [0.2, 0.25) is 0 Å². The van der Waals surface area contributed by atoms with Gasteiger partial charge in [-0.3, -0.25) is 0 Å². The molecule has 1 N–H and O–H groups in total. The van der Waals surface area contributed by atoms with Gasteiger partial charge in [0.05, 0.1) is 14.2 Å². The van der Waals surface area contributed by atoms with E-state index in [1.165, 1.54) is 5.56 Å². The van der Waals surface area contributed by atoms with Gasteiger partial charge in [0, 0.05) is 11.6 Å². The Kier molecular flexibility index (Phi) is 4.82. The smallest absolute Gasteiger partial charge is 0.125 e. The van der Waals surface area contributed by atoms with Crippen molar-refractivity contribution in [1.29, 1.82) is 0 Å². The Morgan fingerprint density at radius 1 is 1.18 bits per heavy atom. The second-order valence-corrected chi connectivity index (χ2v) is 4.81. The molecule has 1 rings (SSSR count). The van der Waals surface area contributed by atoms with Crippen molar-refractivity contribution in [3.63, 3.8) is 0 Å². The number of rotatable bonds is 6. The largest absolute Gasteiger partial charge is 0.497 e. The molecule has 0 saturated carbocycles. The minimum atomic E-state index is 0.144. The van der Waals surface area contributed by atoms with E-state index in [4.69, 9.17) is 9.47 Å². The van der Waals surface area contributed by atoms with Crippen molar-refractivity contribution in [3.8, 4) is 11.5 Å². The summed E-state index contributed by atoms with van der Waals surface area (Å²) in [4.78, 5) is 0. The summed E-state index contributed by atoms with van der Waals surface area (Å²) in [6, 6.07) is 5.98. The molecule has 0 aliphatic carbocycles. The topological polar surface area (TPSA) is 30.5 Å². The second-order valence-electron chi connectivity index (χ2n) is 4.81. The van der Waals surface area contributed by atoms with Crippen LogP contribution in [0.4, 0.5) is 0 Å². The summed E-state index contributed by atoms with van der Waals surface area (Å²) in [5.41, 5.74) is 1.36. The van der Waals surface area contributed by atoms with Crippen molar-refractivity contribution in [2.45, 2.75) is 32.2 Å². The highest BCUT2D eigenvalue weighted by Gasteiger charge is 2.15. The van der Waals surface area contributed by atoms with E-state index in [9.17, 15) is 0 Å². The third-order valence-corrected chi connectivity index (χ3v) is 3.19. The molecule has 0 spiro atoms. The van der Waals surface area contributed by atoms with Crippen LogP contribution >= 0.6 is 0 Å². The molecular weight excluding hydrogens is 214 g/mol. The van der Waals surface area contributed by atoms with Crippen molar-refractivity contribution in [3.05, 3.63) is 23.8 Å². The highest BCUT2D eigenvalue weighted by molar-refractivity contribution is 5.40. The first-order valence-electron chi connectivity index (χ1n) is 5.92. The first-order chi connectivity index (χ1) is 8.02. The second kappa shape index (κ2) is 5.92. The van der Waals surface area contributed by atoms with Crippen LogP contribution in [0.15, 0.2) is 18.2 Å². The van der Waals surface area contributed by atoms with Gasteiger partial charge in [0.15, 0.2) is 0 Å². The Morgan fingerprint density at radius 2 is 1.88 bits per heavy atom. The Hall–Kier alpha value is -1.22. The summed E-state index contributed by atoms with van der Waals surface area (Å²) in [7, 11) is 5.35. The molecule has 17 heavy (non-hydrogen) atoms. The lowest BCUT2D eigenvalue weighted by atomic mass is 9.95. The van der Waals surface area contributed by atoms with Gasteiger partial charge in [-0.2, -0.15) is 0 Å². The maximum Gasteiger partial charge on any atom is 0.125 e. The van der Waals surface area contributed by atoms with E-state index in [1.54, 1.807) is 14.2 Å². The highest BCUT2D eigenvalue weighted by Crippen LogP contribution is 2.26. The van der Waals surface area contributed by atoms with E-state index < -0.39 is 0 Å². The van der Waals surface area contributed by atoms with Gasteiger partial charge in [-0.25, -0.2) is 0 Å². The first kappa shape index (κ1) is 13.8. The standard InChI is InChI=1S/C14H23NO2/c1-14(2,15-3)9-8-11-6-7-12(16-4)10-13(11)17-5/h6-7,10,15H,8-9H2,1-5H3. The maximum absolute atomic E-state index is 5.39. The molecule has 0 amide bonds. The van der Waals surface area contributed by atoms with Gasteiger partial charge in [-0.15, -0.1) is 0 Å². The molecule has 0 radical (unpaired) electrons. The lowest BCUT2D eigenvalue weighted by Crippen LogP contribution is -2.36. The third kappa shape index (κ3) is 3.93. The summed E-state index contributed by atoms with van der Waals surface area (Å²) in [5.74, 6) is 1.73. The zero-order valence-corrected chi connectivity index (χ0v) is 11.5. The Labute approximate surface area is 104 Å². The summed E-state index contributed by atoms with van der Waals surface area (Å²) in [6.45, 7) is 4.39. The maximum atomic E-state index is 5.39. The van der Waals surface area contributed by atoms with Crippen molar-refractivity contribution in [2.75, 3.05) is 21.3 Å². The predicted molar refractivity (Wildman–Crippen MR) is 71.0 cm³/mol. The third-order valence-electron chi connectivity index (χ3n) is 3.19. The molecule has 0 fully saturated rings. The van der Waals surface area contributed by atoms with Crippen LogP contribution in [0, 0.1) is 0 Å². The van der Waals surface area contributed by atoms with Crippen LogP contribution in [0.1, 0.15) is 25.8 Å². The summed E-state index contributed by atoms with van der Waals surface area (Å²) in [6.07, 6.45) is 2.05. The fraction of sp³-hybridized carbons (Fsp3) is 0.571. The van der Waals surface area contributed by atoms with Crippen molar-refractivity contribution in [1.82, 2.24) is 5.32 Å². The van der Waals surface area contributed by atoms with Crippen molar-refractivity contribution >= 4 is 0 Å². The highest BCUT2D eigenvalue weighted by atomic mass is 16.5. The molecule has 0 aliphatic heterocycles. The molecule has 0 heterocycles. The van der Waals surface area contributed by atoms with Gasteiger partial charge < -0.3 is 14.8 Å². The van der Waals surface area contributed by atoms with Crippen LogP contribution < -0.4 is 14.8 Å². The molecule has 3 heteroatoms. The molecule has 1 aromatic carbocycles. The van der Waals surface area contributed by atoms with Gasteiger partial charge in [0.25, 0.3) is 0 Å². The number of ether oxygens (including phenoxy) is 2. The summed E-state index contributed by atoms with van der Waals surface area (Å²) >= 11 is 0. The van der Waals surface area contributed by atoms with Crippen LogP contribution in [0.2, 0.25) is 0 Å². The molecule has 0 aliphatic rings. The van der Waals surface area contributed by atoms with Gasteiger partial charge in [0.1, 0.15) is 11.5 Å². The number of benzene rings is 1. The average molecular weight is 237 g/mol. The molecule has 0 bridgehead atoms. The van der Waals surface area contributed by atoms with Crippen LogP contribution in [0.25, 0.3) is 0 Å². The van der Waals surface area contributed by atoms with E-state index in [-0.39, 0.29) is 5.54 Å². The molecule has 3 nitrogen and oxygen atoms in total. The minimum absolute atomic E-state index is 0.144. The normalized spacial score (nSPS) is 11.4. The minimum Gasteiger partial charge on any atom is -0.497 e. The fourth-order valence-corrected chi connectivity index (χ4v) is 1.63. The fourth-order valence-electron chi connectivity index (χ4n) is 1.63. The Morgan fingerprint density at radius 3 is 2.41 bits per heavy atom. The number of hydrogen-bond acceptors (Lipinski definition) is 3. The summed E-state index contributed by atoms with van der Waals surface area (Å²) in [5, 5.41) is 3.31. The molecule has 0 atom stereocenters. The van der Waals surface area contributed by atoms with E-state index in [0.717, 1.165) is 24.3 Å². The lowest BCUT2D eigenvalue weighted by molar-refractivity contribution is 0.376. The van der Waals surface area contributed by atoms with E-state index in [0.29, 0.717) is 0 Å². The van der Waals surface area contributed by atoms with E-state index in [1.807, 2.05) is 19.2 Å². The molecular formula is C14H23NO2. The Balaban J connectivity index is 2.77. The van der Waals surface area contributed by atoms with Gasteiger partial charge in [-0.1, -0.05) is 6.07 Å². The molecule has 0 saturated heterocycles. The molecule has 96 valence electrons. The van der Waals surface area contributed by atoms with Crippen LogP contribution in [-0.4, -0.2) is 26.8 Å². The van der Waals surface area contributed by atoms with Crippen LogP contribution in [0.5, 0.6) is 11.5 Å². The SMILES string of the molecule is CNC(C)(C)CCc1ccc(OC)cc1OC. The molecule has 0 aromatic heterocycles. The van der Waals surface area contributed by atoms with E-state index >= 15 is 0 Å². The number of hydrogen-bond donors (Lipinski definition) is 1. The Bertz CT molecular complexity index is 361. The van der Waals surface area contributed by atoms with Gasteiger partial charge in [-0.05, 0) is 45.4 Å². The number of methoxy groups -OCH3 is 2.